The van der Waals surface area contributed by atoms with Crippen molar-refractivity contribution in [3.8, 4) is 22.6 Å². The highest BCUT2D eigenvalue weighted by molar-refractivity contribution is 6.09. The number of carbonyl (C=O) groups is 2. The quantitative estimate of drug-likeness (QED) is 0.320. The van der Waals surface area contributed by atoms with Gasteiger partial charge in [0.25, 0.3) is 0 Å². The van der Waals surface area contributed by atoms with Crippen molar-refractivity contribution in [1.82, 2.24) is 24.9 Å². The van der Waals surface area contributed by atoms with Gasteiger partial charge in [-0.3, -0.25) is 14.6 Å². The third-order valence-corrected chi connectivity index (χ3v) is 5.36. The highest BCUT2D eigenvalue weighted by Gasteiger charge is 2.29. The SMILES string of the molecule is O=C(O)C(C(=O)Nc1cc(-c2[nH]c3cccnc3c2-c2ncccn2)ccn1)c1ccc(F)cc1. The molecule has 172 valence electrons. The Labute approximate surface area is 197 Å². The number of aromatic amines is 1. The Balaban J connectivity index is 1.52. The number of pyridine rings is 2. The van der Waals surface area contributed by atoms with E-state index in [4.69, 9.17) is 0 Å². The number of aromatic nitrogens is 5. The molecule has 0 radical (unpaired) electrons. The highest BCUT2D eigenvalue weighted by atomic mass is 19.1. The lowest BCUT2D eigenvalue weighted by atomic mass is 9.98. The Morgan fingerprint density at radius 3 is 2.40 bits per heavy atom. The van der Waals surface area contributed by atoms with Crippen molar-refractivity contribution < 1.29 is 19.1 Å². The number of hydrogen-bond donors (Lipinski definition) is 3. The summed E-state index contributed by atoms with van der Waals surface area (Å²) < 4.78 is 13.3. The molecule has 9 nitrogen and oxygen atoms in total. The summed E-state index contributed by atoms with van der Waals surface area (Å²) in [5.74, 6) is -3.62. The molecule has 0 aliphatic carbocycles. The van der Waals surface area contributed by atoms with Crippen LogP contribution in [0.25, 0.3) is 33.7 Å². The summed E-state index contributed by atoms with van der Waals surface area (Å²) in [6.07, 6.45) is 6.43. The number of nitrogens with one attached hydrogen (secondary N) is 2. The summed E-state index contributed by atoms with van der Waals surface area (Å²) in [6.45, 7) is 0. The number of hydrogen-bond acceptors (Lipinski definition) is 6. The Hall–Kier alpha value is -4.99. The van der Waals surface area contributed by atoms with E-state index in [2.05, 4.69) is 30.2 Å². The molecular weight excluding hydrogens is 451 g/mol. The summed E-state index contributed by atoms with van der Waals surface area (Å²) in [5.41, 5.74) is 3.60. The predicted octanol–water partition coefficient (Wildman–Crippen LogP) is 4.03. The zero-order valence-corrected chi connectivity index (χ0v) is 18.0. The van der Waals surface area contributed by atoms with Crippen LogP contribution >= 0.6 is 0 Å². The van der Waals surface area contributed by atoms with Gasteiger partial charge in [-0.05, 0) is 48.0 Å². The molecule has 1 atom stereocenters. The average Bonchev–Trinajstić information content (AvgIpc) is 3.26. The van der Waals surface area contributed by atoms with Gasteiger partial charge < -0.3 is 15.4 Å². The van der Waals surface area contributed by atoms with Crippen LogP contribution in [0, 0.1) is 5.82 Å². The molecule has 0 saturated carbocycles. The van der Waals surface area contributed by atoms with Crippen molar-refractivity contribution in [2.45, 2.75) is 5.92 Å². The second-order valence-electron chi connectivity index (χ2n) is 7.59. The van der Waals surface area contributed by atoms with Crippen LogP contribution in [-0.4, -0.2) is 41.9 Å². The highest BCUT2D eigenvalue weighted by Crippen LogP contribution is 2.36. The van der Waals surface area contributed by atoms with Gasteiger partial charge in [0.15, 0.2) is 11.7 Å². The summed E-state index contributed by atoms with van der Waals surface area (Å²) in [5, 5.41) is 12.2. The minimum Gasteiger partial charge on any atom is -0.480 e. The van der Waals surface area contributed by atoms with Crippen LogP contribution in [0.3, 0.4) is 0 Å². The number of rotatable bonds is 6. The Bertz CT molecular complexity index is 1540. The predicted molar refractivity (Wildman–Crippen MR) is 126 cm³/mol. The van der Waals surface area contributed by atoms with E-state index in [0.717, 1.165) is 17.6 Å². The van der Waals surface area contributed by atoms with Gasteiger partial charge in [-0.15, -0.1) is 0 Å². The first-order valence-corrected chi connectivity index (χ1v) is 10.5. The van der Waals surface area contributed by atoms with E-state index < -0.39 is 23.6 Å². The van der Waals surface area contributed by atoms with E-state index in [1.165, 1.54) is 18.3 Å². The number of carboxylic acid groups (broad SMARTS) is 1. The normalized spacial score (nSPS) is 11.8. The van der Waals surface area contributed by atoms with Gasteiger partial charge in [0, 0.05) is 30.4 Å². The van der Waals surface area contributed by atoms with Crippen LogP contribution in [0.2, 0.25) is 0 Å². The largest absolute Gasteiger partial charge is 0.480 e. The van der Waals surface area contributed by atoms with Gasteiger partial charge >= 0.3 is 5.97 Å². The van der Waals surface area contributed by atoms with Crippen molar-refractivity contribution in [3.05, 3.63) is 90.8 Å². The molecule has 0 spiro atoms. The molecule has 0 saturated heterocycles. The lowest BCUT2D eigenvalue weighted by molar-refractivity contribution is -0.141. The van der Waals surface area contributed by atoms with Crippen LogP contribution in [0.5, 0.6) is 0 Å². The zero-order chi connectivity index (χ0) is 24.4. The number of anilines is 1. The first kappa shape index (κ1) is 21.8. The van der Waals surface area contributed by atoms with Crippen LogP contribution in [0.4, 0.5) is 10.2 Å². The maximum absolute atomic E-state index is 13.3. The molecular formula is C25H17FN6O3. The minimum absolute atomic E-state index is 0.146. The van der Waals surface area contributed by atoms with E-state index in [9.17, 15) is 19.1 Å². The van der Waals surface area contributed by atoms with Gasteiger partial charge in [-0.1, -0.05) is 12.1 Å². The topological polar surface area (TPSA) is 134 Å². The Morgan fingerprint density at radius 1 is 0.914 bits per heavy atom. The van der Waals surface area contributed by atoms with Crippen LogP contribution in [-0.2, 0) is 9.59 Å². The van der Waals surface area contributed by atoms with Crippen molar-refractivity contribution in [3.63, 3.8) is 0 Å². The molecule has 0 aliphatic heterocycles. The van der Waals surface area contributed by atoms with Gasteiger partial charge in [-0.25, -0.2) is 19.3 Å². The fraction of sp³-hybridized carbons (Fsp3) is 0.0400. The maximum atomic E-state index is 13.3. The first-order chi connectivity index (χ1) is 17.0. The lowest BCUT2D eigenvalue weighted by Gasteiger charge is -2.13. The summed E-state index contributed by atoms with van der Waals surface area (Å²) in [4.78, 5) is 45.3. The van der Waals surface area contributed by atoms with Gasteiger partial charge in [-0.2, -0.15) is 0 Å². The second kappa shape index (κ2) is 9.10. The molecule has 5 aromatic rings. The molecule has 3 N–H and O–H groups in total. The van der Waals surface area contributed by atoms with E-state index in [1.807, 2.05) is 6.07 Å². The number of amides is 1. The van der Waals surface area contributed by atoms with Gasteiger partial charge in [0.2, 0.25) is 5.91 Å². The first-order valence-electron chi connectivity index (χ1n) is 10.5. The number of carboxylic acids is 1. The lowest BCUT2D eigenvalue weighted by Crippen LogP contribution is -2.28. The maximum Gasteiger partial charge on any atom is 0.320 e. The molecule has 5 rings (SSSR count). The third kappa shape index (κ3) is 4.32. The minimum atomic E-state index is -1.54. The van der Waals surface area contributed by atoms with Crippen LogP contribution < -0.4 is 5.32 Å². The van der Waals surface area contributed by atoms with Crippen molar-refractivity contribution >= 4 is 28.7 Å². The Morgan fingerprint density at radius 2 is 1.66 bits per heavy atom. The number of nitrogens with zero attached hydrogens (tertiary/aromatic N) is 4. The third-order valence-electron chi connectivity index (χ3n) is 5.36. The standard InChI is InChI=1S/C25H17FN6O3/c26-16-6-4-14(5-7-16)19(25(34)35)24(33)32-18-13-15(8-12-27-18)21-20(23-29-10-2-11-30-23)22-17(31-21)3-1-9-28-22/h1-13,19,31H,(H,34,35)(H,27,32,33). The van der Waals surface area contributed by atoms with E-state index in [-0.39, 0.29) is 11.4 Å². The monoisotopic (exact) mass is 468 g/mol. The molecule has 10 heteroatoms. The number of fused-ring (bicyclic) bond motifs is 1. The van der Waals surface area contributed by atoms with Crippen molar-refractivity contribution in [2.24, 2.45) is 0 Å². The summed E-state index contributed by atoms with van der Waals surface area (Å²) in [7, 11) is 0. The smallest absolute Gasteiger partial charge is 0.320 e. The van der Waals surface area contributed by atoms with Gasteiger partial charge in [0.05, 0.1) is 22.3 Å². The number of aliphatic carboxylic acids is 1. The molecule has 1 unspecified atom stereocenters. The van der Waals surface area contributed by atoms with Crippen molar-refractivity contribution in [1.29, 1.82) is 0 Å². The second-order valence-corrected chi connectivity index (χ2v) is 7.59. The molecule has 0 bridgehead atoms. The van der Waals surface area contributed by atoms with Crippen molar-refractivity contribution in [2.75, 3.05) is 5.32 Å². The summed E-state index contributed by atoms with van der Waals surface area (Å²) >= 11 is 0. The number of H-pyrrole nitrogens is 1. The van der Waals surface area contributed by atoms with E-state index in [0.29, 0.717) is 28.2 Å². The molecule has 1 amide bonds. The van der Waals surface area contributed by atoms with Crippen LogP contribution in [0.1, 0.15) is 11.5 Å². The molecule has 4 heterocycles. The van der Waals surface area contributed by atoms with E-state index >= 15 is 0 Å². The molecule has 1 aromatic carbocycles. The Kier molecular flexibility index (Phi) is 5.68. The van der Waals surface area contributed by atoms with Gasteiger partial charge in [0.1, 0.15) is 11.6 Å². The zero-order valence-electron chi connectivity index (χ0n) is 18.0. The molecule has 0 aliphatic rings. The van der Waals surface area contributed by atoms with E-state index in [1.54, 1.807) is 42.9 Å². The molecule has 35 heavy (non-hydrogen) atoms. The molecule has 0 fully saturated rings. The average molecular weight is 468 g/mol. The summed E-state index contributed by atoms with van der Waals surface area (Å²) in [6, 6.07) is 13.5. The fourth-order valence-electron chi connectivity index (χ4n) is 3.80. The molecule has 4 aromatic heterocycles. The number of halogens is 1. The fourth-order valence-corrected chi connectivity index (χ4v) is 3.80. The number of benzene rings is 1. The van der Waals surface area contributed by atoms with Crippen LogP contribution in [0.15, 0.2) is 79.4 Å². The number of carbonyl (C=O) groups excluding carboxylic acids is 1.